The lowest BCUT2D eigenvalue weighted by molar-refractivity contribution is 0.0837. The smallest absolute Gasteiger partial charge is 0.0737 e. The SMILES string of the molecule is C=C/C=C\C(C)=C/C(C)OCc1ccccc1. The van der Waals surface area contributed by atoms with E-state index in [-0.39, 0.29) is 6.10 Å². The number of benzene rings is 1. The number of ether oxygens (including phenoxy) is 1. The lowest BCUT2D eigenvalue weighted by Gasteiger charge is -2.09. The Balaban J connectivity index is 2.42. The van der Waals surface area contributed by atoms with Crippen LogP contribution in [0, 0.1) is 0 Å². The Morgan fingerprint density at radius 1 is 1.35 bits per heavy atom. The quantitative estimate of drug-likeness (QED) is 0.660. The van der Waals surface area contributed by atoms with Gasteiger partial charge in [0.1, 0.15) is 0 Å². The summed E-state index contributed by atoms with van der Waals surface area (Å²) in [5, 5.41) is 0. The molecule has 1 nitrogen and oxygen atoms in total. The van der Waals surface area contributed by atoms with Crippen LogP contribution in [-0.2, 0) is 11.3 Å². The van der Waals surface area contributed by atoms with Crippen LogP contribution in [0.2, 0.25) is 0 Å². The van der Waals surface area contributed by atoms with Crippen LogP contribution in [0.25, 0.3) is 0 Å². The average molecular weight is 228 g/mol. The van der Waals surface area contributed by atoms with Crippen LogP contribution in [0.15, 0.2) is 66.8 Å². The lowest BCUT2D eigenvalue weighted by atomic mass is 10.2. The van der Waals surface area contributed by atoms with Gasteiger partial charge in [0.05, 0.1) is 12.7 Å². The van der Waals surface area contributed by atoms with Gasteiger partial charge in [0.2, 0.25) is 0 Å². The molecule has 1 atom stereocenters. The molecule has 0 aliphatic carbocycles. The molecule has 0 amide bonds. The molecule has 0 heterocycles. The van der Waals surface area contributed by atoms with Gasteiger partial charge in [-0.25, -0.2) is 0 Å². The Morgan fingerprint density at radius 2 is 2.06 bits per heavy atom. The van der Waals surface area contributed by atoms with Crippen LogP contribution in [0.3, 0.4) is 0 Å². The molecule has 90 valence electrons. The molecule has 0 fully saturated rings. The summed E-state index contributed by atoms with van der Waals surface area (Å²) in [5.41, 5.74) is 2.39. The van der Waals surface area contributed by atoms with Gasteiger partial charge in [-0.3, -0.25) is 0 Å². The maximum absolute atomic E-state index is 5.74. The van der Waals surface area contributed by atoms with Crippen LogP contribution in [0.5, 0.6) is 0 Å². The van der Waals surface area contributed by atoms with Crippen molar-refractivity contribution < 1.29 is 4.74 Å². The second-order valence-electron chi connectivity index (χ2n) is 4.01. The van der Waals surface area contributed by atoms with Crippen molar-refractivity contribution in [2.75, 3.05) is 0 Å². The van der Waals surface area contributed by atoms with E-state index < -0.39 is 0 Å². The molecular weight excluding hydrogens is 208 g/mol. The van der Waals surface area contributed by atoms with E-state index in [1.54, 1.807) is 6.08 Å². The first kappa shape index (κ1) is 13.5. The van der Waals surface area contributed by atoms with Crippen LogP contribution in [0.1, 0.15) is 19.4 Å². The summed E-state index contributed by atoms with van der Waals surface area (Å²) in [4.78, 5) is 0. The third-order valence-corrected chi connectivity index (χ3v) is 2.35. The van der Waals surface area contributed by atoms with Crippen molar-refractivity contribution in [1.82, 2.24) is 0 Å². The topological polar surface area (TPSA) is 9.23 Å². The van der Waals surface area contributed by atoms with Gasteiger partial charge in [-0.15, -0.1) is 0 Å². The highest BCUT2D eigenvalue weighted by Gasteiger charge is 1.98. The minimum atomic E-state index is 0.115. The standard InChI is InChI=1S/C16H20O/c1-4-5-9-14(2)12-15(3)17-13-16-10-7-6-8-11-16/h4-12,15H,1,13H2,2-3H3/b9-5-,14-12-. The second kappa shape index (κ2) is 7.64. The summed E-state index contributed by atoms with van der Waals surface area (Å²) in [7, 11) is 0. The first-order valence-corrected chi connectivity index (χ1v) is 5.85. The van der Waals surface area contributed by atoms with E-state index in [1.165, 1.54) is 11.1 Å². The molecule has 1 aromatic rings. The van der Waals surface area contributed by atoms with Crippen molar-refractivity contribution in [3.05, 3.63) is 72.4 Å². The Morgan fingerprint density at radius 3 is 2.71 bits per heavy atom. The molecule has 0 saturated heterocycles. The highest BCUT2D eigenvalue weighted by atomic mass is 16.5. The first-order valence-electron chi connectivity index (χ1n) is 5.85. The molecular formula is C16H20O. The Kier molecular flexibility index (Phi) is 6.05. The van der Waals surface area contributed by atoms with Gasteiger partial charge in [-0.2, -0.15) is 0 Å². The van der Waals surface area contributed by atoms with Gasteiger partial charge >= 0.3 is 0 Å². The van der Waals surface area contributed by atoms with Crippen molar-refractivity contribution in [2.24, 2.45) is 0 Å². The highest BCUT2D eigenvalue weighted by molar-refractivity contribution is 5.20. The molecule has 0 aliphatic heterocycles. The van der Waals surface area contributed by atoms with E-state index in [1.807, 2.05) is 37.3 Å². The predicted molar refractivity (Wildman–Crippen MR) is 73.8 cm³/mol. The van der Waals surface area contributed by atoms with Crippen molar-refractivity contribution in [2.45, 2.75) is 26.6 Å². The van der Waals surface area contributed by atoms with E-state index in [0.29, 0.717) is 6.61 Å². The normalized spacial score (nSPS) is 13.9. The zero-order chi connectivity index (χ0) is 12.5. The molecule has 0 aromatic heterocycles. The summed E-state index contributed by atoms with van der Waals surface area (Å²) >= 11 is 0. The molecule has 0 bridgehead atoms. The maximum Gasteiger partial charge on any atom is 0.0737 e. The van der Waals surface area contributed by atoms with Crippen molar-refractivity contribution in [1.29, 1.82) is 0 Å². The fourth-order valence-corrected chi connectivity index (χ4v) is 1.50. The van der Waals surface area contributed by atoms with Crippen molar-refractivity contribution >= 4 is 0 Å². The monoisotopic (exact) mass is 228 g/mol. The third-order valence-electron chi connectivity index (χ3n) is 2.35. The highest BCUT2D eigenvalue weighted by Crippen LogP contribution is 2.06. The molecule has 0 spiro atoms. The van der Waals surface area contributed by atoms with Crippen molar-refractivity contribution in [3.8, 4) is 0 Å². The number of allylic oxidation sites excluding steroid dienone is 4. The maximum atomic E-state index is 5.74. The van der Waals surface area contributed by atoms with E-state index in [4.69, 9.17) is 4.74 Å². The summed E-state index contributed by atoms with van der Waals surface area (Å²) in [6.45, 7) is 8.40. The molecule has 0 radical (unpaired) electrons. The predicted octanol–water partition coefficient (Wildman–Crippen LogP) is 4.28. The summed E-state index contributed by atoms with van der Waals surface area (Å²) in [6.07, 6.45) is 7.94. The molecule has 1 rings (SSSR count). The molecule has 1 heteroatoms. The van der Waals surface area contributed by atoms with Gasteiger partial charge < -0.3 is 4.74 Å². The number of hydrogen-bond donors (Lipinski definition) is 0. The summed E-state index contributed by atoms with van der Waals surface area (Å²) in [6, 6.07) is 10.2. The van der Waals surface area contributed by atoms with Gasteiger partial charge in [-0.05, 0) is 19.4 Å². The zero-order valence-corrected chi connectivity index (χ0v) is 10.6. The van der Waals surface area contributed by atoms with Crippen LogP contribution in [-0.4, -0.2) is 6.10 Å². The fourth-order valence-electron chi connectivity index (χ4n) is 1.50. The van der Waals surface area contributed by atoms with E-state index in [9.17, 15) is 0 Å². The lowest BCUT2D eigenvalue weighted by Crippen LogP contribution is -2.05. The van der Waals surface area contributed by atoms with E-state index >= 15 is 0 Å². The van der Waals surface area contributed by atoms with Crippen LogP contribution < -0.4 is 0 Å². The first-order chi connectivity index (χ1) is 8.22. The largest absolute Gasteiger partial charge is 0.370 e. The molecule has 17 heavy (non-hydrogen) atoms. The van der Waals surface area contributed by atoms with Gasteiger partial charge in [0, 0.05) is 0 Å². The van der Waals surface area contributed by atoms with Crippen LogP contribution in [0.4, 0.5) is 0 Å². The minimum Gasteiger partial charge on any atom is -0.370 e. The zero-order valence-electron chi connectivity index (χ0n) is 10.6. The minimum absolute atomic E-state index is 0.115. The fraction of sp³-hybridized carbons (Fsp3) is 0.250. The van der Waals surface area contributed by atoms with E-state index in [2.05, 4.69) is 31.7 Å². The number of hydrogen-bond acceptors (Lipinski definition) is 1. The third kappa shape index (κ3) is 5.88. The Labute approximate surface area is 104 Å². The van der Waals surface area contributed by atoms with Gasteiger partial charge in [0.25, 0.3) is 0 Å². The van der Waals surface area contributed by atoms with Crippen molar-refractivity contribution in [3.63, 3.8) is 0 Å². The average Bonchev–Trinajstić information content (AvgIpc) is 2.35. The Hall–Kier alpha value is -1.60. The molecule has 0 saturated carbocycles. The summed E-state index contributed by atoms with van der Waals surface area (Å²) in [5.74, 6) is 0. The molecule has 1 unspecified atom stereocenters. The van der Waals surface area contributed by atoms with Crippen LogP contribution >= 0.6 is 0 Å². The second-order valence-corrected chi connectivity index (χ2v) is 4.01. The summed E-state index contributed by atoms with van der Waals surface area (Å²) < 4.78 is 5.74. The van der Waals surface area contributed by atoms with Gasteiger partial charge in [-0.1, -0.05) is 66.8 Å². The number of rotatable bonds is 6. The van der Waals surface area contributed by atoms with Gasteiger partial charge in [0.15, 0.2) is 0 Å². The Bertz CT molecular complexity index is 387. The molecule has 1 aromatic carbocycles. The van der Waals surface area contributed by atoms with E-state index in [0.717, 1.165) is 0 Å². The molecule has 0 aliphatic rings. The molecule has 0 N–H and O–H groups in total.